The highest BCUT2D eigenvalue weighted by Gasteiger charge is 2.04. The second-order valence-electron chi connectivity index (χ2n) is 6.25. The average Bonchev–Trinajstić information content (AvgIpc) is 2.42. The van der Waals surface area contributed by atoms with Crippen molar-refractivity contribution in [3.63, 3.8) is 0 Å². The molecule has 2 aromatic rings. The van der Waals surface area contributed by atoms with Gasteiger partial charge in [0.15, 0.2) is 0 Å². The molecule has 2 rings (SSSR count). The van der Waals surface area contributed by atoms with Crippen LogP contribution in [0, 0.1) is 26.7 Å². The summed E-state index contributed by atoms with van der Waals surface area (Å²) in [6, 6.07) is 8.29. The molecule has 2 N–H and O–H groups in total. The molecule has 0 atom stereocenters. The molecule has 0 amide bonds. The predicted octanol–water partition coefficient (Wildman–Crippen LogP) is 4.60. The van der Waals surface area contributed by atoms with Crippen LogP contribution in [0.3, 0.4) is 0 Å². The summed E-state index contributed by atoms with van der Waals surface area (Å²) in [5.74, 6) is 2.18. The Morgan fingerprint density at radius 1 is 1.00 bits per heavy atom. The van der Waals surface area contributed by atoms with Gasteiger partial charge in [0.05, 0.1) is 0 Å². The van der Waals surface area contributed by atoms with Crippen LogP contribution in [0.4, 0.5) is 17.5 Å². The molecule has 4 heteroatoms. The Morgan fingerprint density at radius 2 is 1.77 bits per heavy atom. The van der Waals surface area contributed by atoms with Crippen LogP contribution in [0.5, 0.6) is 0 Å². The summed E-state index contributed by atoms with van der Waals surface area (Å²) in [6.07, 6.45) is 1.11. The third-order valence-corrected chi connectivity index (χ3v) is 3.64. The summed E-state index contributed by atoms with van der Waals surface area (Å²) in [7, 11) is 0. The Balaban J connectivity index is 2.10. The maximum absolute atomic E-state index is 4.54. The van der Waals surface area contributed by atoms with E-state index in [9.17, 15) is 0 Å². The normalized spacial score (nSPS) is 10.8. The Labute approximate surface area is 133 Å². The first-order chi connectivity index (χ1) is 10.4. The zero-order valence-corrected chi connectivity index (χ0v) is 14.2. The maximum atomic E-state index is 4.54. The summed E-state index contributed by atoms with van der Waals surface area (Å²) in [4.78, 5) is 8.99. The van der Waals surface area contributed by atoms with Crippen LogP contribution < -0.4 is 10.6 Å². The summed E-state index contributed by atoms with van der Waals surface area (Å²) in [6.45, 7) is 11.5. The van der Waals surface area contributed by atoms with Crippen LogP contribution in [0.1, 0.15) is 37.1 Å². The second-order valence-corrected chi connectivity index (χ2v) is 6.25. The lowest BCUT2D eigenvalue weighted by Crippen LogP contribution is -2.09. The number of hydrogen-bond acceptors (Lipinski definition) is 4. The highest BCUT2D eigenvalue weighted by atomic mass is 15.1. The van der Waals surface area contributed by atoms with Gasteiger partial charge in [-0.2, -0.15) is 4.98 Å². The van der Waals surface area contributed by atoms with E-state index in [0.717, 1.165) is 30.2 Å². The van der Waals surface area contributed by atoms with Gasteiger partial charge < -0.3 is 10.6 Å². The Bertz CT molecular complexity index is 635. The third kappa shape index (κ3) is 4.72. The van der Waals surface area contributed by atoms with Crippen molar-refractivity contribution in [3.05, 3.63) is 41.1 Å². The first-order valence-electron chi connectivity index (χ1n) is 7.88. The van der Waals surface area contributed by atoms with Crippen molar-refractivity contribution < 1.29 is 0 Å². The number of benzene rings is 1. The van der Waals surface area contributed by atoms with E-state index in [0.29, 0.717) is 11.9 Å². The molecule has 0 saturated carbocycles. The number of aromatic nitrogens is 2. The molecule has 0 radical (unpaired) electrons. The van der Waals surface area contributed by atoms with Crippen molar-refractivity contribution in [2.75, 3.05) is 17.2 Å². The van der Waals surface area contributed by atoms with Gasteiger partial charge in [0.25, 0.3) is 0 Å². The number of nitrogens with zero attached hydrogens (tertiary/aromatic N) is 2. The van der Waals surface area contributed by atoms with Gasteiger partial charge >= 0.3 is 0 Å². The fraction of sp³-hybridized carbons (Fsp3) is 0.444. The lowest BCUT2D eigenvalue weighted by atomic mass is 10.1. The van der Waals surface area contributed by atoms with Crippen LogP contribution in [0.2, 0.25) is 0 Å². The molecule has 4 nitrogen and oxygen atoms in total. The van der Waals surface area contributed by atoms with Crippen molar-refractivity contribution in [1.82, 2.24) is 9.97 Å². The molecule has 22 heavy (non-hydrogen) atoms. The Hall–Kier alpha value is -2.10. The van der Waals surface area contributed by atoms with E-state index in [2.05, 4.69) is 66.5 Å². The number of aryl methyl sites for hydroxylation is 3. The molecule has 0 saturated heterocycles. The van der Waals surface area contributed by atoms with Crippen molar-refractivity contribution in [1.29, 1.82) is 0 Å². The summed E-state index contributed by atoms with van der Waals surface area (Å²) in [5.41, 5.74) is 4.56. The number of anilines is 3. The molecule has 1 aromatic carbocycles. The van der Waals surface area contributed by atoms with E-state index in [1.807, 2.05) is 13.0 Å². The minimum Gasteiger partial charge on any atom is -0.354 e. The quantitative estimate of drug-likeness (QED) is 0.818. The summed E-state index contributed by atoms with van der Waals surface area (Å²) < 4.78 is 0. The van der Waals surface area contributed by atoms with Gasteiger partial charge in [0.2, 0.25) is 5.95 Å². The first kappa shape index (κ1) is 16.3. The van der Waals surface area contributed by atoms with E-state index in [-0.39, 0.29) is 0 Å². The maximum Gasteiger partial charge on any atom is 0.224 e. The Kier molecular flexibility index (Phi) is 5.36. The van der Waals surface area contributed by atoms with Gasteiger partial charge in [-0.25, -0.2) is 4.98 Å². The summed E-state index contributed by atoms with van der Waals surface area (Å²) >= 11 is 0. The lowest BCUT2D eigenvalue weighted by Gasteiger charge is -2.11. The molecular formula is C18H26N4. The van der Waals surface area contributed by atoms with Crippen LogP contribution >= 0.6 is 0 Å². The first-order valence-corrected chi connectivity index (χ1v) is 7.88. The van der Waals surface area contributed by atoms with Crippen molar-refractivity contribution in [2.24, 2.45) is 5.92 Å². The summed E-state index contributed by atoms with van der Waals surface area (Å²) in [5, 5.41) is 6.66. The van der Waals surface area contributed by atoms with Gasteiger partial charge in [0, 0.05) is 24.0 Å². The standard InChI is InChI=1S/C18H26N4/c1-12(2)8-9-19-18-20-15(5)11-17(22-18)21-16-7-6-13(3)14(4)10-16/h6-7,10-12H,8-9H2,1-5H3,(H2,19,20,21,22). The van der Waals surface area contributed by atoms with Gasteiger partial charge in [0.1, 0.15) is 5.82 Å². The number of hydrogen-bond donors (Lipinski definition) is 2. The smallest absolute Gasteiger partial charge is 0.224 e. The largest absolute Gasteiger partial charge is 0.354 e. The molecule has 0 unspecified atom stereocenters. The molecule has 1 aromatic heterocycles. The second kappa shape index (κ2) is 7.25. The van der Waals surface area contributed by atoms with Gasteiger partial charge in [-0.3, -0.25) is 0 Å². The molecule has 0 aliphatic rings. The molecule has 118 valence electrons. The fourth-order valence-corrected chi connectivity index (χ4v) is 2.15. The molecule has 0 bridgehead atoms. The zero-order valence-electron chi connectivity index (χ0n) is 14.2. The van der Waals surface area contributed by atoms with E-state index < -0.39 is 0 Å². The highest BCUT2D eigenvalue weighted by molar-refractivity contribution is 5.59. The van der Waals surface area contributed by atoms with Gasteiger partial charge in [-0.05, 0) is 56.4 Å². The predicted molar refractivity (Wildman–Crippen MR) is 93.9 cm³/mol. The topological polar surface area (TPSA) is 49.8 Å². The molecule has 0 fully saturated rings. The van der Waals surface area contributed by atoms with Crippen molar-refractivity contribution in [3.8, 4) is 0 Å². The van der Waals surface area contributed by atoms with Crippen LogP contribution in [0.15, 0.2) is 24.3 Å². The van der Waals surface area contributed by atoms with Crippen LogP contribution in [-0.4, -0.2) is 16.5 Å². The van der Waals surface area contributed by atoms with Crippen LogP contribution in [0.25, 0.3) is 0 Å². The molecule has 0 spiro atoms. The molecule has 1 heterocycles. The SMILES string of the molecule is Cc1cc(Nc2ccc(C)c(C)c2)nc(NCCC(C)C)n1. The monoisotopic (exact) mass is 298 g/mol. The zero-order chi connectivity index (χ0) is 16.1. The van der Waals surface area contributed by atoms with Crippen molar-refractivity contribution >= 4 is 17.5 Å². The average molecular weight is 298 g/mol. The molecule has 0 aliphatic heterocycles. The van der Waals surface area contributed by atoms with E-state index in [1.54, 1.807) is 0 Å². The van der Waals surface area contributed by atoms with Gasteiger partial charge in [-0.15, -0.1) is 0 Å². The van der Waals surface area contributed by atoms with E-state index >= 15 is 0 Å². The lowest BCUT2D eigenvalue weighted by molar-refractivity contribution is 0.606. The van der Waals surface area contributed by atoms with Crippen LogP contribution in [-0.2, 0) is 0 Å². The minimum atomic E-state index is 0.672. The molecule has 0 aliphatic carbocycles. The Morgan fingerprint density at radius 3 is 2.45 bits per heavy atom. The minimum absolute atomic E-state index is 0.672. The fourth-order valence-electron chi connectivity index (χ4n) is 2.15. The van der Waals surface area contributed by atoms with Crippen molar-refractivity contribution in [2.45, 2.75) is 41.0 Å². The number of nitrogens with one attached hydrogen (secondary N) is 2. The number of rotatable bonds is 6. The van der Waals surface area contributed by atoms with E-state index in [1.165, 1.54) is 11.1 Å². The highest BCUT2D eigenvalue weighted by Crippen LogP contribution is 2.19. The van der Waals surface area contributed by atoms with Gasteiger partial charge in [-0.1, -0.05) is 19.9 Å². The molecular weight excluding hydrogens is 272 g/mol. The van der Waals surface area contributed by atoms with E-state index in [4.69, 9.17) is 0 Å². The third-order valence-electron chi connectivity index (χ3n) is 3.64.